The number of carbonyl (C=O) groups is 2. The molecular formula is C19H22N6O2S2. The van der Waals surface area contributed by atoms with E-state index >= 15 is 0 Å². The number of carbonyl (C=O) groups excluding carboxylic acids is 2. The van der Waals surface area contributed by atoms with Crippen LogP contribution in [0.1, 0.15) is 25.2 Å². The van der Waals surface area contributed by atoms with Gasteiger partial charge in [0.25, 0.3) is 0 Å². The summed E-state index contributed by atoms with van der Waals surface area (Å²) in [5.74, 6) is 0.211. The second-order valence-corrected chi connectivity index (χ2v) is 8.48. The molecule has 29 heavy (non-hydrogen) atoms. The molecule has 0 aliphatic heterocycles. The van der Waals surface area contributed by atoms with Gasteiger partial charge < -0.3 is 15.2 Å². The predicted octanol–water partition coefficient (Wildman–Crippen LogP) is 3.13. The average molecular weight is 431 g/mol. The second kappa shape index (κ2) is 9.66. The maximum absolute atomic E-state index is 12.5. The first-order chi connectivity index (χ1) is 14.0. The normalized spacial score (nSPS) is 11.8. The van der Waals surface area contributed by atoms with Crippen molar-refractivity contribution in [2.45, 2.75) is 37.1 Å². The van der Waals surface area contributed by atoms with Crippen LogP contribution in [0.2, 0.25) is 0 Å². The van der Waals surface area contributed by atoms with E-state index in [1.807, 2.05) is 31.2 Å². The fraction of sp³-hybridized carbons (Fsp3) is 0.316. The molecule has 0 bridgehead atoms. The van der Waals surface area contributed by atoms with Crippen LogP contribution in [0.5, 0.6) is 0 Å². The zero-order valence-electron chi connectivity index (χ0n) is 16.4. The van der Waals surface area contributed by atoms with E-state index in [0.717, 1.165) is 17.7 Å². The first-order valence-corrected chi connectivity index (χ1v) is 10.9. The van der Waals surface area contributed by atoms with Gasteiger partial charge in [0, 0.05) is 24.3 Å². The van der Waals surface area contributed by atoms with Gasteiger partial charge >= 0.3 is 0 Å². The Hall–Kier alpha value is -2.72. The Morgan fingerprint density at radius 3 is 2.76 bits per heavy atom. The van der Waals surface area contributed by atoms with Crippen LogP contribution in [-0.2, 0) is 29.5 Å². The zero-order valence-corrected chi connectivity index (χ0v) is 18.0. The SMILES string of the molecule is CCc1ccccc1NC(=O)Cc1nnc(SC(C)C(=O)Nc2nccs2)n1C. The first kappa shape index (κ1) is 21.0. The van der Waals surface area contributed by atoms with E-state index in [1.165, 1.54) is 23.1 Å². The van der Waals surface area contributed by atoms with Gasteiger partial charge in [0.2, 0.25) is 11.8 Å². The summed E-state index contributed by atoms with van der Waals surface area (Å²) in [5, 5.41) is 16.5. The van der Waals surface area contributed by atoms with Gasteiger partial charge in [0.05, 0.1) is 11.7 Å². The van der Waals surface area contributed by atoms with Gasteiger partial charge in [-0.2, -0.15) is 0 Å². The summed E-state index contributed by atoms with van der Waals surface area (Å²) in [6.45, 7) is 3.83. The third-order valence-electron chi connectivity index (χ3n) is 4.23. The molecule has 152 valence electrons. The van der Waals surface area contributed by atoms with E-state index in [-0.39, 0.29) is 23.5 Å². The lowest BCUT2D eigenvalue weighted by Crippen LogP contribution is -2.23. The Kier molecular flexibility index (Phi) is 6.99. The number of hydrogen-bond acceptors (Lipinski definition) is 7. The van der Waals surface area contributed by atoms with Gasteiger partial charge in [-0.05, 0) is 25.0 Å². The largest absolute Gasteiger partial charge is 0.325 e. The summed E-state index contributed by atoms with van der Waals surface area (Å²) in [6, 6.07) is 7.72. The number of nitrogens with zero attached hydrogens (tertiary/aromatic N) is 4. The van der Waals surface area contributed by atoms with Crippen LogP contribution in [0.3, 0.4) is 0 Å². The predicted molar refractivity (Wildman–Crippen MR) is 115 cm³/mol. The molecule has 3 rings (SSSR count). The quantitative estimate of drug-likeness (QED) is 0.533. The molecule has 1 atom stereocenters. The lowest BCUT2D eigenvalue weighted by atomic mass is 10.1. The molecule has 0 fully saturated rings. The molecule has 3 aromatic rings. The molecule has 2 N–H and O–H groups in total. The van der Waals surface area contributed by atoms with Crippen LogP contribution in [0.15, 0.2) is 41.0 Å². The molecule has 2 amide bonds. The average Bonchev–Trinajstić information content (AvgIpc) is 3.33. The van der Waals surface area contributed by atoms with Crippen LogP contribution in [0.25, 0.3) is 0 Å². The van der Waals surface area contributed by atoms with Gasteiger partial charge in [-0.3, -0.25) is 9.59 Å². The summed E-state index contributed by atoms with van der Waals surface area (Å²) >= 11 is 2.64. The van der Waals surface area contributed by atoms with E-state index < -0.39 is 0 Å². The third kappa shape index (κ3) is 5.42. The van der Waals surface area contributed by atoms with Crippen molar-refractivity contribution < 1.29 is 9.59 Å². The van der Waals surface area contributed by atoms with Gasteiger partial charge in [0.1, 0.15) is 5.82 Å². The number of thioether (sulfide) groups is 1. The second-order valence-electron chi connectivity index (χ2n) is 6.28. The number of amides is 2. The maximum atomic E-state index is 12.5. The fourth-order valence-electron chi connectivity index (χ4n) is 2.59. The zero-order chi connectivity index (χ0) is 20.8. The van der Waals surface area contributed by atoms with Crippen LogP contribution in [-0.4, -0.2) is 36.8 Å². The van der Waals surface area contributed by atoms with E-state index in [9.17, 15) is 9.59 Å². The molecule has 1 unspecified atom stereocenters. The Balaban J connectivity index is 1.60. The highest BCUT2D eigenvalue weighted by atomic mass is 32.2. The number of benzene rings is 1. The molecule has 8 nitrogen and oxygen atoms in total. The van der Waals surface area contributed by atoms with Crippen molar-refractivity contribution in [2.75, 3.05) is 10.6 Å². The minimum atomic E-state index is -0.389. The molecular weight excluding hydrogens is 408 g/mol. The molecule has 0 saturated carbocycles. The Morgan fingerprint density at radius 2 is 2.03 bits per heavy atom. The van der Waals surface area contributed by atoms with Gasteiger partial charge in [-0.25, -0.2) is 4.98 Å². The molecule has 0 saturated heterocycles. The number of aromatic nitrogens is 4. The van der Waals surface area contributed by atoms with Crippen molar-refractivity contribution in [3.63, 3.8) is 0 Å². The molecule has 0 spiro atoms. The van der Waals surface area contributed by atoms with Crippen molar-refractivity contribution >= 4 is 45.7 Å². The molecule has 0 aliphatic carbocycles. The topological polar surface area (TPSA) is 102 Å². The number of rotatable bonds is 8. The van der Waals surface area contributed by atoms with Crippen LogP contribution < -0.4 is 10.6 Å². The molecule has 10 heteroatoms. The number of para-hydroxylation sites is 1. The van der Waals surface area contributed by atoms with Gasteiger partial charge in [-0.1, -0.05) is 36.9 Å². The molecule has 2 aromatic heterocycles. The third-order valence-corrected chi connectivity index (χ3v) is 6.05. The summed E-state index contributed by atoms with van der Waals surface area (Å²) in [6.07, 6.45) is 2.57. The lowest BCUT2D eigenvalue weighted by molar-refractivity contribution is -0.116. The van der Waals surface area contributed by atoms with Crippen molar-refractivity contribution in [1.29, 1.82) is 0 Å². The highest BCUT2D eigenvalue weighted by Gasteiger charge is 2.20. The smallest absolute Gasteiger partial charge is 0.239 e. The van der Waals surface area contributed by atoms with Crippen molar-refractivity contribution in [3.05, 3.63) is 47.2 Å². The van der Waals surface area contributed by atoms with Crippen molar-refractivity contribution in [1.82, 2.24) is 19.7 Å². The van der Waals surface area contributed by atoms with Crippen LogP contribution in [0, 0.1) is 0 Å². The van der Waals surface area contributed by atoms with Crippen LogP contribution >= 0.6 is 23.1 Å². The van der Waals surface area contributed by atoms with E-state index in [1.54, 1.807) is 30.1 Å². The van der Waals surface area contributed by atoms with Crippen LogP contribution in [0.4, 0.5) is 10.8 Å². The molecule has 0 aliphatic rings. The van der Waals surface area contributed by atoms with E-state index in [2.05, 4.69) is 25.8 Å². The summed E-state index contributed by atoms with van der Waals surface area (Å²) < 4.78 is 1.74. The summed E-state index contributed by atoms with van der Waals surface area (Å²) in [7, 11) is 1.79. The summed E-state index contributed by atoms with van der Waals surface area (Å²) in [4.78, 5) is 28.8. The van der Waals surface area contributed by atoms with Gasteiger partial charge in [-0.15, -0.1) is 21.5 Å². The van der Waals surface area contributed by atoms with E-state index in [4.69, 9.17) is 0 Å². The minimum absolute atomic E-state index is 0.0990. The first-order valence-electron chi connectivity index (χ1n) is 9.11. The Morgan fingerprint density at radius 1 is 1.24 bits per heavy atom. The standard InChI is InChI=1S/C19H22N6O2S2/c1-4-13-7-5-6-8-14(13)21-16(26)11-15-23-24-19(25(15)3)29-12(2)17(27)22-18-20-9-10-28-18/h5-10,12H,4,11H2,1-3H3,(H,21,26)(H,20,22,27). The number of nitrogens with one attached hydrogen (secondary N) is 2. The highest BCUT2D eigenvalue weighted by Crippen LogP contribution is 2.23. The fourth-order valence-corrected chi connectivity index (χ4v) is 3.96. The molecule has 2 heterocycles. The Bertz CT molecular complexity index is 987. The van der Waals surface area contributed by atoms with E-state index in [0.29, 0.717) is 16.1 Å². The monoisotopic (exact) mass is 430 g/mol. The molecule has 1 aromatic carbocycles. The van der Waals surface area contributed by atoms with Gasteiger partial charge in [0.15, 0.2) is 10.3 Å². The van der Waals surface area contributed by atoms with Crippen molar-refractivity contribution in [3.8, 4) is 0 Å². The summed E-state index contributed by atoms with van der Waals surface area (Å²) in [5.41, 5.74) is 1.89. The minimum Gasteiger partial charge on any atom is -0.325 e. The Labute approximate surface area is 177 Å². The lowest BCUT2D eigenvalue weighted by Gasteiger charge is -2.11. The molecule has 0 radical (unpaired) electrons. The number of anilines is 2. The number of hydrogen-bond donors (Lipinski definition) is 2. The highest BCUT2D eigenvalue weighted by molar-refractivity contribution is 8.00. The maximum Gasteiger partial charge on any atom is 0.239 e. The number of thiazole rings is 1. The number of aryl methyl sites for hydroxylation is 1. The van der Waals surface area contributed by atoms with Crippen molar-refractivity contribution in [2.24, 2.45) is 7.05 Å².